The highest BCUT2D eigenvalue weighted by molar-refractivity contribution is 5.98. The first-order valence-electron chi connectivity index (χ1n) is 12.8. The van der Waals surface area contributed by atoms with Crippen LogP contribution in [-0.4, -0.2) is 46.5 Å². The second kappa shape index (κ2) is 10.7. The Morgan fingerprint density at radius 3 is 2.65 bits per heavy atom. The molecule has 0 aliphatic carbocycles. The minimum absolute atomic E-state index is 0.0759. The summed E-state index contributed by atoms with van der Waals surface area (Å²) in [6.07, 6.45) is 3.28. The average Bonchev–Trinajstić information content (AvgIpc) is 3.54. The van der Waals surface area contributed by atoms with Gasteiger partial charge in [0.05, 0.1) is 29.7 Å². The predicted molar refractivity (Wildman–Crippen MR) is 145 cm³/mol. The van der Waals surface area contributed by atoms with Crippen LogP contribution in [0.15, 0.2) is 36.5 Å². The van der Waals surface area contributed by atoms with Crippen molar-refractivity contribution in [1.82, 2.24) is 14.9 Å². The summed E-state index contributed by atoms with van der Waals surface area (Å²) in [5.41, 5.74) is 2.38. The molecular formula is C28H36N6O3. The van der Waals surface area contributed by atoms with Crippen LogP contribution in [0.3, 0.4) is 0 Å². The predicted octanol–water partition coefficient (Wildman–Crippen LogP) is 5.54. The number of ether oxygens (including phenoxy) is 2. The van der Waals surface area contributed by atoms with Gasteiger partial charge in [0, 0.05) is 17.6 Å². The third-order valence-corrected chi connectivity index (χ3v) is 6.44. The number of nitriles is 1. The summed E-state index contributed by atoms with van der Waals surface area (Å²) in [5.74, 6) is 1.21. The Bertz CT molecular complexity index is 1300. The minimum atomic E-state index is -0.714. The highest BCUT2D eigenvalue weighted by Crippen LogP contribution is 2.38. The number of hydrogen-bond acceptors (Lipinski definition) is 7. The molecule has 3 aromatic rings. The van der Waals surface area contributed by atoms with Crippen LogP contribution in [0.2, 0.25) is 0 Å². The quantitative estimate of drug-likeness (QED) is 0.435. The van der Waals surface area contributed by atoms with Gasteiger partial charge in [0.15, 0.2) is 0 Å². The van der Waals surface area contributed by atoms with E-state index in [0.717, 1.165) is 24.9 Å². The molecule has 196 valence electrons. The van der Waals surface area contributed by atoms with Gasteiger partial charge < -0.3 is 20.1 Å². The summed E-state index contributed by atoms with van der Waals surface area (Å²) in [5, 5.41) is 21.8. The monoisotopic (exact) mass is 504 g/mol. The molecule has 1 fully saturated rings. The Kier molecular flexibility index (Phi) is 7.60. The number of aromatic nitrogens is 2. The summed E-state index contributed by atoms with van der Waals surface area (Å²) in [4.78, 5) is 15.2. The van der Waals surface area contributed by atoms with Crippen LogP contribution < -0.4 is 20.3 Å². The molecule has 2 unspecified atom stereocenters. The zero-order valence-electron chi connectivity index (χ0n) is 22.5. The average molecular weight is 505 g/mol. The van der Waals surface area contributed by atoms with Crippen molar-refractivity contribution < 1.29 is 14.3 Å². The Morgan fingerprint density at radius 1 is 1.32 bits per heavy atom. The number of carbonyl (C=O) groups excluding carboxylic acids is 1. The summed E-state index contributed by atoms with van der Waals surface area (Å²) in [6, 6.07) is 11.8. The number of nitrogens with one attached hydrogen (secondary N) is 2. The van der Waals surface area contributed by atoms with Crippen LogP contribution in [0.25, 0.3) is 5.52 Å². The standard InChI is InChI=1S/C28H36N6O3/c1-7-36-21-12-10-20(11-13-21)33(27(35)37-28(4,5)6)26-18(2)25(32-19(3)23-9-8-15-30-23)22(17-29)24-14-16-31-34(24)26/h10-14,16,19,23,30,32H,7-9,15H2,1-6H3. The van der Waals surface area contributed by atoms with Gasteiger partial charge in [-0.05, 0) is 91.3 Å². The third-order valence-electron chi connectivity index (χ3n) is 6.44. The molecule has 37 heavy (non-hydrogen) atoms. The van der Waals surface area contributed by atoms with Crippen molar-refractivity contribution in [3.63, 3.8) is 0 Å². The van der Waals surface area contributed by atoms with Crippen molar-refractivity contribution in [2.75, 3.05) is 23.4 Å². The molecule has 1 aliphatic heterocycles. The minimum Gasteiger partial charge on any atom is -0.494 e. The van der Waals surface area contributed by atoms with Crippen molar-refractivity contribution in [2.24, 2.45) is 0 Å². The lowest BCUT2D eigenvalue weighted by atomic mass is 10.0. The maximum absolute atomic E-state index is 13.7. The molecule has 3 heterocycles. The second-order valence-electron chi connectivity index (χ2n) is 10.3. The molecule has 4 rings (SSSR count). The van der Waals surface area contributed by atoms with E-state index in [0.29, 0.717) is 46.7 Å². The van der Waals surface area contributed by atoms with Crippen LogP contribution in [0.5, 0.6) is 5.75 Å². The molecule has 2 N–H and O–H groups in total. The number of benzene rings is 1. The first-order valence-corrected chi connectivity index (χ1v) is 12.8. The maximum Gasteiger partial charge on any atom is 0.420 e. The molecule has 1 aliphatic rings. The highest BCUT2D eigenvalue weighted by atomic mass is 16.6. The van der Waals surface area contributed by atoms with Gasteiger partial charge in [-0.2, -0.15) is 10.4 Å². The van der Waals surface area contributed by atoms with Crippen molar-refractivity contribution in [2.45, 2.75) is 72.1 Å². The molecule has 1 amide bonds. The highest BCUT2D eigenvalue weighted by Gasteiger charge is 2.32. The van der Waals surface area contributed by atoms with Gasteiger partial charge in [-0.3, -0.25) is 0 Å². The molecule has 9 nitrogen and oxygen atoms in total. The van der Waals surface area contributed by atoms with Crippen molar-refractivity contribution in [3.8, 4) is 11.8 Å². The lowest BCUT2D eigenvalue weighted by Gasteiger charge is -2.31. The Labute approximate surface area is 218 Å². The van der Waals surface area contributed by atoms with E-state index >= 15 is 0 Å². The summed E-state index contributed by atoms with van der Waals surface area (Å²) < 4.78 is 13.1. The van der Waals surface area contributed by atoms with E-state index in [4.69, 9.17) is 9.47 Å². The number of amides is 1. The lowest BCUT2D eigenvalue weighted by molar-refractivity contribution is 0.0597. The molecule has 0 bridgehead atoms. The fraction of sp³-hybridized carbons (Fsp3) is 0.464. The normalized spacial score (nSPS) is 16.3. The number of carbonyl (C=O) groups is 1. The molecule has 0 saturated carbocycles. The van der Waals surface area contributed by atoms with Crippen LogP contribution in [0.4, 0.5) is 22.0 Å². The topological polar surface area (TPSA) is 104 Å². The second-order valence-corrected chi connectivity index (χ2v) is 10.3. The summed E-state index contributed by atoms with van der Waals surface area (Å²) in [6.45, 7) is 13.0. The first kappa shape index (κ1) is 26.3. The van der Waals surface area contributed by atoms with Crippen LogP contribution >= 0.6 is 0 Å². The number of hydrogen-bond donors (Lipinski definition) is 2. The number of rotatable bonds is 7. The van der Waals surface area contributed by atoms with Gasteiger partial charge in [0.2, 0.25) is 0 Å². The Balaban J connectivity index is 1.90. The maximum atomic E-state index is 13.7. The van der Waals surface area contributed by atoms with Gasteiger partial charge >= 0.3 is 6.09 Å². The lowest BCUT2D eigenvalue weighted by Crippen LogP contribution is -2.39. The van der Waals surface area contributed by atoms with Gasteiger partial charge in [-0.15, -0.1) is 0 Å². The zero-order chi connectivity index (χ0) is 26.7. The number of nitrogens with zero attached hydrogens (tertiary/aromatic N) is 4. The summed E-state index contributed by atoms with van der Waals surface area (Å²) >= 11 is 0. The van der Waals surface area contributed by atoms with Gasteiger partial charge in [-0.25, -0.2) is 14.2 Å². The molecular weight excluding hydrogens is 468 g/mol. The van der Waals surface area contributed by atoms with E-state index in [2.05, 4.69) is 28.7 Å². The fourth-order valence-corrected chi connectivity index (χ4v) is 4.75. The molecule has 1 aromatic carbocycles. The number of pyridine rings is 1. The molecule has 9 heteroatoms. The molecule has 0 spiro atoms. The fourth-order valence-electron chi connectivity index (χ4n) is 4.75. The van der Waals surface area contributed by atoms with Crippen LogP contribution in [0, 0.1) is 18.3 Å². The van der Waals surface area contributed by atoms with Gasteiger partial charge in [0.25, 0.3) is 0 Å². The molecule has 2 atom stereocenters. The Morgan fingerprint density at radius 2 is 2.05 bits per heavy atom. The Hall–Kier alpha value is -3.77. The summed E-state index contributed by atoms with van der Waals surface area (Å²) in [7, 11) is 0. The van der Waals surface area contributed by atoms with Crippen LogP contribution in [-0.2, 0) is 4.74 Å². The molecule has 1 saturated heterocycles. The van der Waals surface area contributed by atoms with E-state index < -0.39 is 11.7 Å². The molecule has 2 aromatic heterocycles. The van der Waals surface area contributed by atoms with Crippen LogP contribution in [0.1, 0.15) is 58.6 Å². The van der Waals surface area contributed by atoms with E-state index in [-0.39, 0.29) is 6.04 Å². The first-order chi connectivity index (χ1) is 17.6. The van der Waals surface area contributed by atoms with Gasteiger partial charge in [0.1, 0.15) is 28.8 Å². The van der Waals surface area contributed by atoms with Crippen molar-refractivity contribution in [3.05, 3.63) is 47.7 Å². The van der Waals surface area contributed by atoms with E-state index in [9.17, 15) is 10.1 Å². The van der Waals surface area contributed by atoms with E-state index in [1.165, 1.54) is 4.90 Å². The largest absolute Gasteiger partial charge is 0.494 e. The van der Waals surface area contributed by atoms with Gasteiger partial charge in [-0.1, -0.05) is 0 Å². The molecule has 0 radical (unpaired) electrons. The van der Waals surface area contributed by atoms with E-state index in [1.807, 2.05) is 58.9 Å². The number of fused-ring (bicyclic) bond motifs is 1. The van der Waals surface area contributed by atoms with Crippen molar-refractivity contribution >= 4 is 28.8 Å². The third kappa shape index (κ3) is 5.49. The smallest absolute Gasteiger partial charge is 0.420 e. The van der Waals surface area contributed by atoms with E-state index in [1.54, 1.807) is 16.8 Å². The number of anilines is 3. The zero-order valence-corrected chi connectivity index (χ0v) is 22.5. The van der Waals surface area contributed by atoms with Crippen molar-refractivity contribution in [1.29, 1.82) is 5.26 Å². The SMILES string of the molecule is CCOc1ccc(N(C(=O)OC(C)(C)C)c2c(C)c(NC(C)C3CCCN3)c(C#N)c3ccnn23)cc1.